The maximum absolute atomic E-state index is 11.9. The van der Waals surface area contributed by atoms with Crippen LogP contribution in [0.15, 0.2) is 18.5 Å². The van der Waals surface area contributed by atoms with Gasteiger partial charge in [-0.1, -0.05) is 17.9 Å². The fourth-order valence-electron chi connectivity index (χ4n) is 0.996. The molecule has 0 aliphatic heterocycles. The Labute approximate surface area is 68.7 Å². The van der Waals surface area contributed by atoms with Gasteiger partial charge in [0, 0.05) is 12.4 Å². The summed E-state index contributed by atoms with van der Waals surface area (Å²) in [5.41, 5.74) is 0.995. The zero-order valence-corrected chi connectivity index (χ0v) is 6.60. The summed E-state index contributed by atoms with van der Waals surface area (Å²) in [6.45, 7) is -3.01. The van der Waals surface area contributed by atoms with E-state index in [1.54, 1.807) is 6.92 Å². The van der Waals surface area contributed by atoms with Gasteiger partial charge in [-0.2, -0.15) is 0 Å². The molecule has 0 radical (unpaired) electrons. The first-order chi connectivity index (χ1) is 5.47. The first kappa shape index (κ1) is 9.10. The number of hydrogen-bond donors (Lipinski definition) is 0. The molecule has 0 N–H and O–H groups in total. The molecule has 1 heterocycles. The standard InChI is InChI=1S/C7H8BF3N/c1-6-2-7(5-12-4-6)3-8(9,10)11/h2,4-5H,3H2,1H3/q-1. The monoisotopic (exact) mass is 174 g/mol. The summed E-state index contributed by atoms with van der Waals surface area (Å²) in [7, 11) is 0. The van der Waals surface area contributed by atoms with Crippen molar-refractivity contribution in [1.29, 1.82) is 0 Å². The number of pyridine rings is 1. The average molecular weight is 174 g/mol. The third-order valence-corrected chi connectivity index (χ3v) is 1.40. The second-order valence-electron chi connectivity index (χ2n) is 2.79. The summed E-state index contributed by atoms with van der Waals surface area (Å²) in [6, 6.07) is 1.50. The molecule has 0 spiro atoms. The quantitative estimate of drug-likeness (QED) is 0.626. The molecule has 5 heteroatoms. The smallest absolute Gasteiger partial charge is 0.449 e. The van der Waals surface area contributed by atoms with Crippen LogP contribution < -0.4 is 0 Å². The lowest BCUT2D eigenvalue weighted by Gasteiger charge is -2.12. The summed E-state index contributed by atoms with van der Waals surface area (Å²) < 4.78 is 35.7. The van der Waals surface area contributed by atoms with Gasteiger partial charge >= 0.3 is 6.98 Å². The molecule has 0 aliphatic rings. The summed E-state index contributed by atoms with van der Waals surface area (Å²) in [6.07, 6.45) is 1.95. The molecular weight excluding hydrogens is 166 g/mol. The topological polar surface area (TPSA) is 12.9 Å². The highest BCUT2D eigenvalue weighted by Crippen LogP contribution is 2.15. The van der Waals surface area contributed by atoms with Crippen LogP contribution in [0.5, 0.6) is 0 Å². The third kappa shape index (κ3) is 2.94. The minimum atomic E-state index is -4.74. The number of aromatic nitrogens is 1. The van der Waals surface area contributed by atoms with Crippen molar-refractivity contribution in [3.63, 3.8) is 0 Å². The van der Waals surface area contributed by atoms with Gasteiger partial charge in [0.15, 0.2) is 0 Å². The van der Waals surface area contributed by atoms with Crippen LogP contribution in [0.3, 0.4) is 0 Å². The minimum Gasteiger partial charge on any atom is -0.449 e. The lowest BCUT2D eigenvalue weighted by atomic mass is 9.82. The summed E-state index contributed by atoms with van der Waals surface area (Å²) >= 11 is 0. The molecule has 66 valence electrons. The lowest BCUT2D eigenvalue weighted by Crippen LogP contribution is -2.19. The Morgan fingerprint density at radius 2 is 2.00 bits per heavy atom. The molecule has 0 fully saturated rings. The molecule has 1 aromatic heterocycles. The second kappa shape index (κ2) is 3.17. The third-order valence-electron chi connectivity index (χ3n) is 1.40. The van der Waals surface area contributed by atoms with Gasteiger partial charge in [-0.3, -0.25) is 4.98 Å². The van der Waals surface area contributed by atoms with E-state index >= 15 is 0 Å². The van der Waals surface area contributed by atoms with Crippen LogP contribution in [-0.2, 0) is 6.32 Å². The minimum absolute atomic E-state index is 0.238. The predicted molar refractivity (Wildman–Crippen MR) is 41.8 cm³/mol. The normalized spacial score (nSPS) is 11.7. The van der Waals surface area contributed by atoms with Crippen molar-refractivity contribution in [2.45, 2.75) is 13.2 Å². The van der Waals surface area contributed by atoms with Crippen molar-refractivity contribution >= 4 is 6.98 Å². The zero-order valence-electron chi connectivity index (χ0n) is 6.60. The number of hydrogen-bond acceptors (Lipinski definition) is 1. The molecule has 0 saturated heterocycles. The molecule has 0 aromatic carbocycles. The van der Waals surface area contributed by atoms with Crippen LogP contribution >= 0.6 is 0 Å². The van der Waals surface area contributed by atoms with Crippen molar-refractivity contribution in [3.05, 3.63) is 29.6 Å². The van der Waals surface area contributed by atoms with Crippen molar-refractivity contribution in [1.82, 2.24) is 4.98 Å². The van der Waals surface area contributed by atoms with E-state index in [9.17, 15) is 12.9 Å². The Bertz CT molecular complexity index is 272. The maximum atomic E-state index is 11.9. The summed E-state index contributed by atoms with van der Waals surface area (Å²) in [4.78, 5) is 3.68. The van der Waals surface area contributed by atoms with E-state index in [1.807, 2.05) is 0 Å². The fraction of sp³-hybridized carbons (Fsp3) is 0.286. The first-order valence-electron chi connectivity index (χ1n) is 3.59. The highest BCUT2D eigenvalue weighted by molar-refractivity contribution is 6.57. The highest BCUT2D eigenvalue weighted by Gasteiger charge is 2.23. The van der Waals surface area contributed by atoms with E-state index in [2.05, 4.69) is 4.98 Å². The van der Waals surface area contributed by atoms with Gasteiger partial charge in [0.2, 0.25) is 0 Å². The van der Waals surface area contributed by atoms with Gasteiger partial charge in [0.05, 0.1) is 0 Å². The summed E-state index contributed by atoms with van der Waals surface area (Å²) in [5.74, 6) is 0. The van der Waals surface area contributed by atoms with Crippen LogP contribution in [0.25, 0.3) is 0 Å². The zero-order chi connectivity index (χ0) is 9.19. The van der Waals surface area contributed by atoms with E-state index in [0.29, 0.717) is 0 Å². The second-order valence-corrected chi connectivity index (χ2v) is 2.79. The lowest BCUT2D eigenvalue weighted by molar-refractivity contribution is 0.468. The molecule has 1 nitrogen and oxygen atoms in total. The van der Waals surface area contributed by atoms with Crippen molar-refractivity contribution in [2.75, 3.05) is 0 Å². The largest absolute Gasteiger partial charge is 0.482 e. The molecule has 1 rings (SSSR count). The van der Waals surface area contributed by atoms with Gasteiger partial charge in [0.25, 0.3) is 0 Å². The van der Waals surface area contributed by atoms with Crippen molar-refractivity contribution in [3.8, 4) is 0 Å². The molecule has 0 unspecified atom stereocenters. The number of aryl methyl sites for hydroxylation is 1. The highest BCUT2D eigenvalue weighted by atomic mass is 19.4. The molecule has 0 aliphatic carbocycles. The van der Waals surface area contributed by atoms with E-state index in [4.69, 9.17) is 0 Å². The van der Waals surface area contributed by atoms with Crippen LogP contribution in [0, 0.1) is 6.92 Å². The Balaban J connectivity index is 2.77. The van der Waals surface area contributed by atoms with E-state index in [0.717, 1.165) is 5.56 Å². The van der Waals surface area contributed by atoms with Gasteiger partial charge in [-0.05, 0) is 12.5 Å². The van der Waals surface area contributed by atoms with Gasteiger partial charge in [0.1, 0.15) is 0 Å². The predicted octanol–water partition coefficient (Wildman–Crippen LogP) is 2.32. The molecule has 0 atom stereocenters. The van der Waals surface area contributed by atoms with Crippen molar-refractivity contribution < 1.29 is 12.9 Å². The molecular formula is C7H8BF3N-. The van der Waals surface area contributed by atoms with Crippen LogP contribution in [0.4, 0.5) is 12.9 Å². The molecule has 0 amide bonds. The number of halogens is 3. The van der Waals surface area contributed by atoms with Gasteiger partial charge in [-0.25, -0.2) is 0 Å². The van der Waals surface area contributed by atoms with Crippen molar-refractivity contribution in [2.24, 2.45) is 0 Å². The number of nitrogens with zero attached hydrogens (tertiary/aromatic N) is 1. The molecule has 0 bridgehead atoms. The Morgan fingerprint density at radius 1 is 1.33 bits per heavy atom. The average Bonchev–Trinajstić information content (AvgIpc) is 1.82. The summed E-state index contributed by atoms with van der Waals surface area (Å²) in [5, 5.41) is 0. The van der Waals surface area contributed by atoms with Crippen LogP contribution in [0.2, 0.25) is 0 Å². The van der Waals surface area contributed by atoms with Crippen LogP contribution in [0.1, 0.15) is 11.1 Å². The van der Waals surface area contributed by atoms with Crippen LogP contribution in [-0.4, -0.2) is 12.0 Å². The Kier molecular flexibility index (Phi) is 2.40. The fourth-order valence-corrected chi connectivity index (χ4v) is 0.996. The molecule has 12 heavy (non-hydrogen) atoms. The van der Waals surface area contributed by atoms with E-state index < -0.39 is 13.3 Å². The Morgan fingerprint density at radius 3 is 2.50 bits per heavy atom. The Hall–Kier alpha value is -0.995. The molecule has 0 saturated carbocycles. The SMILES string of the molecule is Cc1cncc(C[B-](F)(F)F)c1. The first-order valence-corrected chi connectivity index (χ1v) is 3.59. The van der Waals surface area contributed by atoms with Gasteiger partial charge < -0.3 is 12.9 Å². The van der Waals surface area contributed by atoms with E-state index in [-0.39, 0.29) is 5.56 Å². The maximum Gasteiger partial charge on any atom is 0.482 e. The van der Waals surface area contributed by atoms with Gasteiger partial charge in [-0.15, -0.1) is 0 Å². The number of rotatable bonds is 2. The molecule has 1 aromatic rings. The van der Waals surface area contributed by atoms with E-state index in [1.165, 1.54) is 18.5 Å².